The molecule has 0 unspecified atom stereocenters. The zero-order chi connectivity index (χ0) is 29.4. The van der Waals surface area contributed by atoms with Gasteiger partial charge in [-0.3, -0.25) is 19.5 Å². The molecule has 0 spiro atoms. The maximum atomic E-state index is 13.7. The van der Waals surface area contributed by atoms with E-state index in [1.54, 1.807) is 24.3 Å². The molecule has 1 atom stereocenters. The van der Waals surface area contributed by atoms with Gasteiger partial charge >= 0.3 is 12.1 Å². The molecule has 2 saturated heterocycles. The van der Waals surface area contributed by atoms with Gasteiger partial charge in [-0.2, -0.15) is 13.2 Å². The Balaban J connectivity index is 0.000000559. The molecule has 0 aliphatic carbocycles. The quantitative estimate of drug-likeness (QED) is 0.521. The number of nitrogens with zero attached hydrogens (tertiary/aromatic N) is 3. The molecule has 0 saturated carbocycles. The van der Waals surface area contributed by atoms with Gasteiger partial charge in [0.05, 0.1) is 18.4 Å². The Kier molecular flexibility index (Phi) is 10.5. The first-order valence-electron chi connectivity index (χ1n) is 12.9. The van der Waals surface area contributed by atoms with Crippen molar-refractivity contribution in [1.82, 2.24) is 20.1 Å². The van der Waals surface area contributed by atoms with Crippen molar-refractivity contribution >= 4 is 17.8 Å². The first kappa shape index (κ1) is 30.9. The first-order valence-corrected chi connectivity index (χ1v) is 12.9. The molecular weight excluding hydrogens is 539 g/mol. The highest BCUT2D eigenvalue weighted by Gasteiger charge is 2.38. The van der Waals surface area contributed by atoms with E-state index in [0.717, 1.165) is 57.2 Å². The van der Waals surface area contributed by atoms with Crippen molar-refractivity contribution in [3.05, 3.63) is 65.0 Å². The van der Waals surface area contributed by atoms with Gasteiger partial charge in [0, 0.05) is 42.9 Å². The Bertz CT molecular complexity index is 1180. The van der Waals surface area contributed by atoms with E-state index in [1.807, 2.05) is 4.90 Å². The molecule has 0 radical (unpaired) electrons. The average Bonchev–Trinajstić information content (AvgIpc) is 2.92. The van der Waals surface area contributed by atoms with E-state index in [1.165, 1.54) is 12.8 Å². The summed E-state index contributed by atoms with van der Waals surface area (Å²) in [7, 11) is 0. The summed E-state index contributed by atoms with van der Waals surface area (Å²) in [4.78, 5) is 42.3. The highest BCUT2D eigenvalue weighted by atomic mass is 19.4. The van der Waals surface area contributed by atoms with Crippen molar-refractivity contribution in [2.45, 2.75) is 51.4 Å². The van der Waals surface area contributed by atoms with Crippen LogP contribution >= 0.6 is 0 Å². The van der Waals surface area contributed by atoms with Crippen molar-refractivity contribution in [3.63, 3.8) is 0 Å². The highest BCUT2D eigenvalue weighted by molar-refractivity contribution is 5.97. The van der Waals surface area contributed by atoms with Crippen molar-refractivity contribution < 1.29 is 41.4 Å². The van der Waals surface area contributed by atoms with E-state index in [9.17, 15) is 31.5 Å². The van der Waals surface area contributed by atoms with Crippen molar-refractivity contribution in [2.24, 2.45) is 5.92 Å². The largest absolute Gasteiger partial charge is 0.490 e. The zero-order valence-electron chi connectivity index (χ0n) is 21.9. The molecule has 2 aromatic rings. The molecule has 1 aromatic heterocycles. The number of nitrogens with one attached hydrogen (secondary N) is 1. The Morgan fingerprint density at radius 2 is 1.62 bits per heavy atom. The van der Waals surface area contributed by atoms with Crippen LogP contribution in [0.15, 0.2) is 36.5 Å². The summed E-state index contributed by atoms with van der Waals surface area (Å²) in [5.74, 6) is -4.03. The fraction of sp³-hybridized carbons (Fsp3) is 0.481. The number of piperidine rings is 2. The molecule has 2 fully saturated rings. The number of carboxylic acids is 1. The number of halogens is 5. The van der Waals surface area contributed by atoms with Gasteiger partial charge in [-0.15, -0.1) is 0 Å². The number of carbonyl (C=O) groups excluding carboxylic acids is 2. The topological polar surface area (TPSA) is 103 Å². The van der Waals surface area contributed by atoms with Gasteiger partial charge in [0.1, 0.15) is 11.6 Å². The lowest BCUT2D eigenvalue weighted by Crippen LogP contribution is -2.49. The van der Waals surface area contributed by atoms with E-state index in [-0.39, 0.29) is 18.1 Å². The zero-order valence-corrected chi connectivity index (χ0v) is 21.9. The Morgan fingerprint density at radius 3 is 2.17 bits per heavy atom. The summed E-state index contributed by atoms with van der Waals surface area (Å²) < 4.78 is 58.4. The monoisotopic (exact) mass is 570 g/mol. The molecule has 2 aliphatic rings. The second kappa shape index (κ2) is 13.6. The second-order valence-corrected chi connectivity index (χ2v) is 9.91. The number of amides is 2. The fourth-order valence-corrected chi connectivity index (χ4v) is 4.78. The van der Waals surface area contributed by atoms with Crippen LogP contribution in [0, 0.1) is 17.6 Å². The standard InChI is InChI=1S/C25H30F2N4O2.C2HF3O2/c1-17-3-2-10-31(16-17)21-8-11-30(12-9-21)25(33)19-6-4-18(5-7-19)24(32)29-15-23-22(27)13-20(26)14-28-23;3-2(4,5)1(6)7/h4-7,13-14,17,21H,2-3,8-12,15-16H2,1H3,(H,29,32);(H,6,7)/t17-;/m1./s1. The maximum absolute atomic E-state index is 13.7. The van der Waals surface area contributed by atoms with E-state index in [4.69, 9.17) is 9.90 Å². The van der Waals surface area contributed by atoms with Crippen LogP contribution in [0.5, 0.6) is 0 Å². The van der Waals surface area contributed by atoms with Gasteiger partial charge < -0.3 is 15.3 Å². The number of hydrogen-bond donors (Lipinski definition) is 2. The minimum Gasteiger partial charge on any atom is -0.475 e. The Labute approximate surface area is 228 Å². The maximum Gasteiger partial charge on any atom is 0.490 e. The minimum atomic E-state index is -5.08. The summed E-state index contributed by atoms with van der Waals surface area (Å²) in [6.07, 6.45) is 0.373. The summed E-state index contributed by atoms with van der Waals surface area (Å²) in [6, 6.07) is 7.74. The van der Waals surface area contributed by atoms with Crippen LogP contribution in [0.25, 0.3) is 0 Å². The number of rotatable bonds is 5. The number of hydrogen-bond acceptors (Lipinski definition) is 5. The van der Waals surface area contributed by atoms with E-state index >= 15 is 0 Å². The fourth-order valence-electron chi connectivity index (χ4n) is 4.78. The smallest absolute Gasteiger partial charge is 0.475 e. The number of benzene rings is 1. The third kappa shape index (κ3) is 8.70. The molecule has 4 rings (SSSR count). The van der Waals surface area contributed by atoms with Gasteiger partial charge in [-0.25, -0.2) is 13.6 Å². The van der Waals surface area contributed by atoms with Crippen LogP contribution in [0.3, 0.4) is 0 Å². The van der Waals surface area contributed by atoms with Crippen LogP contribution in [0.1, 0.15) is 59.0 Å². The number of likely N-dealkylation sites (tertiary alicyclic amines) is 2. The van der Waals surface area contributed by atoms with Gasteiger partial charge in [0.25, 0.3) is 11.8 Å². The summed E-state index contributed by atoms with van der Waals surface area (Å²) in [5.41, 5.74) is 0.855. The lowest BCUT2D eigenvalue weighted by molar-refractivity contribution is -0.192. The van der Waals surface area contributed by atoms with Gasteiger partial charge in [-0.05, 0) is 62.4 Å². The molecule has 13 heteroatoms. The van der Waals surface area contributed by atoms with Gasteiger partial charge in [0.15, 0.2) is 0 Å². The summed E-state index contributed by atoms with van der Waals surface area (Å²) in [5, 5.41) is 9.69. The van der Waals surface area contributed by atoms with Crippen LogP contribution < -0.4 is 5.32 Å². The molecule has 2 N–H and O–H groups in total. The van der Waals surface area contributed by atoms with E-state index in [0.29, 0.717) is 17.2 Å². The second-order valence-electron chi connectivity index (χ2n) is 9.91. The first-order chi connectivity index (χ1) is 18.8. The van der Waals surface area contributed by atoms with Gasteiger partial charge in [0.2, 0.25) is 0 Å². The average molecular weight is 571 g/mol. The molecular formula is C27H31F5N4O4. The molecule has 2 amide bonds. The van der Waals surface area contributed by atoms with Crippen molar-refractivity contribution in [3.8, 4) is 0 Å². The van der Waals surface area contributed by atoms with Crippen LogP contribution in [-0.2, 0) is 11.3 Å². The van der Waals surface area contributed by atoms with E-state index in [2.05, 4.69) is 22.1 Å². The lowest BCUT2D eigenvalue weighted by Gasteiger charge is -2.41. The minimum absolute atomic E-state index is 0.0231. The molecule has 40 heavy (non-hydrogen) atoms. The highest BCUT2D eigenvalue weighted by Crippen LogP contribution is 2.24. The number of alkyl halides is 3. The summed E-state index contributed by atoms with van der Waals surface area (Å²) in [6.45, 7) is 5.96. The molecule has 3 heterocycles. The van der Waals surface area contributed by atoms with Gasteiger partial charge in [-0.1, -0.05) is 6.92 Å². The Morgan fingerprint density at radius 1 is 1.02 bits per heavy atom. The molecule has 2 aliphatic heterocycles. The predicted octanol–water partition coefficient (Wildman–Crippen LogP) is 4.26. The van der Waals surface area contributed by atoms with Crippen LogP contribution in [0.4, 0.5) is 22.0 Å². The third-order valence-electron chi connectivity index (χ3n) is 6.89. The number of carbonyl (C=O) groups is 3. The Hall–Kier alpha value is -3.61. The molecule has 1 aromatic carbocycles. The number of carboxylic acid groups (broad SMARTS) is 1. The van der Waals surface area contributed by atoms with Crippen LogP contribution in [0.2, 0.25) is 0 Å². The lowest BCUT2D eigenvalue weighted by atomic mass is 9.95. The summed E-state index contributed by atoms with van der Waals surface area (Å²) >= 11 is 0. The number of pyridine rings is 1. The van der Waals surface area contributed by atoms with E-state index < -0.39 is 29.7 Å². The molecule has 0 bridgehead atoms. The molecule has 8 nitrogen and oxygen atoms in total. The SMILES string of the molecule is C[C@@H]1CCCN(C2CCN(C(=O)c3ccc(C(=O)NCc4ncc(F)cc4F)cc3)CC2)C1.O=C(O)C(F)(F)F. The predicted molar refractivity (Wildman–Crippen MR) is 134 cm³/mol. The third-order valence-corrected chi connectivity index (χ3v) is 6.89. The van der Waals surface area contributed by atoms with Crippen molar-refractivity contribution in [2.75, 3.05) is 26.2 Å². The van der Waals surface area contributed by atoms with Crippen LogP contribution in [-0.4, -0.2) is 76.1 Å². The number of aliphatic carboxylic acids is 1. The number of aromatic nitrogens is 1. The normalized spacial score (nSPS) is 18.4. The van der Waals surface area contributed by atoms with Crippen molar-refractivity contribution in [1.29, 1.82) is 0 Å². The molecule has 218 valence electrons.